The predicted molar refractivity (Wildman–Crippen MR) is 113 cm³/mol. The fourth-order valence-electron chi connectivity index (χ4n) is 4.67. The standard InChI is InChI=1S/C22H34N2O3S/c1-18(2)20-7-5-19(6-8-20)17-23-13-4-10-22(12-14-23)11-9-21(25)24(22)15-16-28(3,26)27/h5-8,18H,4,9-17H2,1-3H3/t22-/m1/s1. The molecule has 2 fully saturated rings. The van der Waals surface area contributed by atoms with E-state index in [-0.39, 0.29) is 17.2 Å². The van der Waals surface area contributed by atoms with Crippen molar-refractivity contribution in [2.24, 2.45) is 0 Å². The second-order valence-electron chi connectivity index (χ2n) is 8.93. The minimum atomic E-state index is -3.07. The molecule has 2 aliphatic rings. The Morgan fingerprint density at radius 2 is 1.79 bits per heavy atom. The van der Waals surface area contributed by atoms with Gasteiger partial charge in [-0.05, 0) is 49.3 Å². The Hall–Kier alpha value is -1.40. The number of hydrogen-bond acceptors (Lipinski definition) is 4. The summed E-state index contributed by atoms with van der Waals surface area (Å²) in [4.78, 5) is 16.8. The average Bonchev–Trinajstić information content (AvgIpc) is 2.79. The largest absolute Gasteiger partial charge is 0.336 e. The first-order valence-corrected chi connectivity index (χ1v) is 12.5. The fraction of sp³-hybridized carbons (Fsp3) is 0.682. The van der Waals surface area contributed by atoms with Crippen LogP contribution in [-0.4, -0.2) is 61.3 Å². The third-order valence-electron chi connectivity index (χ3n) is 6.43. The molecule has 6 heteroatoms. The number of nitrogens with zero attached hydrogens (tertiary/aromatic N) is 2. The number of sulfone groups is 1. The number of carbonyl (C=O) groups excluding carboxylic acids is 1. The number of hydrogen-bond donors (Lipinski definition) is 0. The maximum Gasteiger partial charge on any atom is 0.223 e. The first kappa shape index (κ1) is 21.3. The van der Waals surface area contributed by atoms with Gasteiger partial charge in [-0.1, -0.05) is 38.1 Å². The number of benzene rings is 1. The zero-order chi connectivity index (χ0) is 20.4. The molecular weight excluding hydrogens is 372 g/mol. The molecule has 0 bridgehead atoms. The normalized spacial score (nSPS) is 24.3. The van der Waals surface area contributed by atoms with Gasteiger partial charge in [-0.25, -0.2) is 8.42 Å². The summed E-state index contributed by atoms with van der Waals surface area (Å²) in [6, 6.07) is 8.91. The third-order valence-corrected chi connectivity index (χ3v) is 7.35. The molecule has 1 aromatic carbocycles. The van der Waals surface area contributed by atoms with E-state index in [0.717, 1.165) is 45.3 Å². The van der Waals surface area contributed by atoms with Gasteiger partial charge in [0.15, 0.2) is 0 Å². The molecule has 1 atom stereocenters. The van der Waals surface area contributed by atoms with Crippen LogP contribution in [0.3, 0.4) is 0 Å². The molecule has 2 aliphatic heterocycles. The van der Waals surface area contributed by atoms with Gasteiger partial charge in [0.1, 0.15) is 9.84 Å². The van der Waals surface area contributed by atoms with Crippen molar-refractivity contribution in [3.05, 3.63) is 35.4 Å². The zero-order valence-electron chi connectivity index (χ0n) is 17.5. The van der Waals surface area contributed by atoms with E-state index in [1.54, 1.807) is 0 Å². The van der Waals surface area contributed by atoms with Gasteiger partial charge in [-0.15, -0.1) is 0 Å². The molecule has 1 aromatic rings. The van der Waals surface area contributed by atoms with Crippen molar-refractivity contribution in [1.29, 1.82) is 0 Å². The molecule has 0 saturated carbocycles. The van der Waals surface area contributed by atoms with Crippen LogP contribution in [0, 0.1) is 0 Å². The van der Waals surface area contributed by atoms with Crippen LogP contribution in [0.1, 0.15) is 63.0 Å². The summed E-state index contributed by atoms with van der Waals surface area (Å²) in [6.07, 6.45) is 5.64. The van der Waals surface area contributed by atoms with Crippen molar-refractivity contribution in [3.8, 4) is 0 Å². The molecule has 0 aromatic heterocycles. The second-order valence-corrected chi connectivity index (χ2v) is 11.2. The maximum atomic E-state index is 12.5. The number of amides is 1. The van der Waals surface area contributed by atoms with Crippen LogP contribution in [0.15, 0.2) is 24.3 Å². The fourth-order valence-corrected chi connectivity index (χ4v) is 5.19. The molecule has 1 spiro atoms. The number of likely N-dealkylation sites (tertiary alicyclic amines) is 2. The van der Waals surface area contributed by atoms with Gasteiger partial charge >= 0.3 is 0 Å². The van der Waals surface area contributed by atoms with E-state index in [4.69, 9.17) is 0 Å². The zero-order valence-corrected chi connectivity index (χ0v) is 18.3. The maximum absolute atomic E-state index is 12.5. The van der Waals surface area contributed by atoms with Crippen molar-refractivity contribution in [1.82, 2.24) is 9.80 Å². The van der Waals surface area contributed by atoms with E-state index in [2.05, 4.69) is 43.0 Å². The van der Waals surface area contributed by atoms with Gasteiger partial charge in [0.25, 0.3) is 0 Å². The summed E-state index contributed by atoms with van der Waals surface area (Å²) in [5.41, 5.74) is 2.55. The highest BCUT2D eigenvalue weighted by Gasteiger charge is 2.45. The second kappa shape index (κ2) is 8.54. The molecule has 5 nitrogen and oxygen atoms in total. The van der Waals surface area contributed by atoms with E-state index < -0.39 is 9.84 Å². The molecule has 1 amide bonds. The van der Waals surface area contributed by atoms with Gasteiger partial charge in [0.2, 0.25) is 5.91 Å². The number of carbonyl (C=O) groups is 1. The first-order valence-electron chi connectivity index (χ1n) is 10.5. The van der Waals surface area contributed by atoms with Gasteiger partial charge in [-0.2, -0.15) is 0 Å². The van der Waals surface area contributed by atoms with E-state index in [1.165, 1.54) is 17.4 Å². The molecule has 0 unspecified atom stereocenters. The van der Waals surface area contributed by atoms with Crippen LogP contribution in [0.25, 0.3) is 0 Å². The lowest BCUT2D eigenvalue weighted by Gasteiger charge is -2.38. The summed E-state index contributed by atoms with van der Waals surface area (Å²) in [5.74, 6) is 0.734. The van der Waals surface area contributed by atoms with Crippen molar-refractivity contribution in [3.63, 3.8) is 0 Å². The molecule has 0 radical (unpaired) electrons. The van der Waals surface area contributed by atoms with Crippen LogP contribution in [-0.2, 0) is 21.2 Å². The Bertz CT molecular complexity index is 789. The van der Waals surface area contributed by atoms with Gasteiger partial charge in [0, 0.05) is 37.8 Å². The smallest absolute Gasteiger partial charge is 0.223 e. The quantitative estimate of drug-likeness (QED) is 0.728. The monoisotopic (exact) mass is 406 g/mol. The molecule has 156 valence electrons. The molecule has 28 heavy (non-hydrogen) atoms. The average molecular weight is 407 g/mol. The third kappa shape index (κ3) is 5.15. The lowest BCUT2D eigenvalue weighted by Crippen LogP contribution is -2.48. The van der Waals surface area contributed by atoms with Crippen LogP contribution >= 0.6 is 0 Å². The van der Waals surface area contributed by atoms with E-state index in [9.17, 15) is 13.2 Å². The summed E-state index contributed by atoms with van der Waals surface area (Å²) < 4.78 is 23.2. The van der Waals surface area contributed by atoms with Gasteiger partial charge in [0.05, 0.1) is 5.75 Å². The summed E-state index contributed by atoms with van der Waals surface area (Å²) >= 11 is 0. The molecule has 2 saturated heterocycles. The lowest BCUT2D eigenvalue weighted by molar-refractivity contribution is -0.131. The van der Waals surface area contributed by atoms with Crippen molar-refractivity contribution in [2.45, 2.75) is 64.0 Å². The van der Waals surface area contributed by atoms with Crippen molar-refractivity contribution in [2.75, 3.05) is 31.6 Å². The first-order chi connectivity index (χ1) is 13.2. The SMILES string of the molecule is CC(C)c1ccc(CN2CCC[C@@]3(CCC(=O)N3CCS(C)(=O)=O)CC2)cc1. The molecule has 0 N–H and O–H groups in total. The Kier molecular flexibility index (Phi) is 6.50. The highest BCUT2D eigenvalue weighted by atomic mass is 32.2. The Balaban J connectivity index is 1.63. The minimum Gasteiger partial charge on any atom is -0.336 e. The Morgan fingerprint density at radius 3 is 2.43 bits per heavy atom. The summed E-state index contributed by atoms with van der Waals surface area (Å²) in [5, 5.41) is 0. The molecular formula is C22H34N2O3S. The summed E-state index contributed by atoms with van der Waals surface area (Å²) in [7, 11) is -3.07. The Labute approximate surface area is 170 Å². The molecule has 3 rings (SSSR count). The van der Waals surface area contributed by atoms with Crippen LogP contribution in [0.5, 0.6) is 0 Å². The van der Waals surface area contributed by atoms with Crippen molar-refractivity contribution >= 4 is 15.7 Å². The topological polar surface area (TPSA) is 57.7 Å². The summed E-state index contributed by atoms with van der Waals surface area (Å²) in [6.45, 7) is 7.68. The van der Waals surface area contributed by atoms with E-state index in [1.807, 2.05) is 4.90 Å². The Morgan fingerprint density at radius 1 is 1.07 bits per heavy atom. The molecule has 2 heterocycles. The number of rotatable bonds is 6. The highest BCUT2D eigenvalue weighted by molar-refractivity contribution is 7.90. The van der Waals surface area contributed by atoms with Crippen LogP contribution in [0.2, 0.25) is 0 Å². The van der Waals surface area contributed by atoms with Crippen molar-refractivity contribution < 1.29 is 13.2 Å². The molecule has 0 aliphatic carbocycles. The van der Waals surface area contributed by atoms with Crippen LogP contribution < -0.4 is 0 Å². The van der Waals surface area contributed by atoms with E-state index in [0.29, 0.717) is 18.9 Å². The van der Waals surface area contributed by atoms with Gasteiger partial charge < -0.3 is 4.90 Å². The predicted octanol–water partition coefficient (Wildman–Crippen LogP) is 3.20. The minimum absolute atomic E-state index is 0.0619. The van der Waals surface area contributed by atoms with Gasteiger partial charge in [-0.3, -0.25) is 9.69 Å². The highest BCUT2D eigenvalue weighted by Crippen LogP contribution is 2.39. The lowest BCUT2D eigenvalue weighted by atomic mass is 9.88. The van der Waals surface area contributed by atoms with E-state index >= 15 is 0 Å². The van der Waals surface area contributed by atoms with Crippen LogP contribution in [0.4, 0.5) is 0 Å².